The van der Waals surface area contributed by atoms with Crippen LogP contribution in [0.4, 0.5) is 5.69 Å². The summed E-state index contributed by atoms with van der Waals surface area (Å²) < 4.78 is 16.2. The Morgan fingerprint density at radius 1 is 1.10 bits per heavy atom. The van der Waals surface area contributed by atoms with Crippen LogP contribution >= 0.6 is 0 Å². The topological polar surface area (TPSA) is 39.7 Å². The summed E-state index contributed by atoms with van der Waals surface area (Å²) in [5, 5.41) is 3.43. The molecule has 4 heteroatoms. The average Bonchev–Trinajstić information content (AvgIpc) is 3.00. The van der Waals surface area contributed by atoms with Crippen molar-refractivity contribution in [3.63, 3.8) is 0 Å². The summed E-state index contributed by atoms with van der Waals surface area (Å²) in [5.41, 5.74) is 3.41. The number of hydrogen-bond donors (Lipinski definition) is 1. The molecule has 0 amide bonds. The first-order valence-corrected chi connectivity index (χ1v) is 7.00. The number of benzene rings is 2. The quantitative estimate of drug-likeness (QED) is 0.915. The van der Waals surface area contributed by atoms with Gasteiger partial charge >= 0.3 is 0 Å². The smallest absolute Gasteiger partial charge is 0.124 e. The molecule has 0 unspecified atom stereocenters. The van der Waals surface area contributed by atoms with E-state index in [0.29, 0.717) is 6.54 Å². The van der Waals surface area contributed by atoms with Crippen LogP contribution in [0, 0.1) is 0 Å². The predicted octanol–water partition coefficient (Wildman–Crippen LogP) is 3.25. The number of anilines is 1. The molecule has 0 aromatic heterocycles. The molecule has 1 N–H and O–H groups in total. The highest BCUT2D eigenvalue weighted by Gasteiger charge is 2.12. The summed E-state index contributed by atoms with van der Waals surface area (Å²) in [7, 11) is 3.34. The van der Waals surface area contributed by atoms with Crippen molar-refractivity contribution in [3.05, 3.63) is 47.5 Å². The van der Waals surface area contributed by atoms with Gasteiger partial charge in [-0.1, -0.05) is 0 Å². The lowest BCUT2D eigenvalue weighted by molar-refractivity contribution is 0.357. The van der Waals surface area contributed by atoms with Crippen LogP contribution in [0.3, 0.4) is 0 Å². The van der Waals surface area contributed by atoms with E-state index in [4.69, 9.17) is 14.2 Å². The minimum absolute atomic E-state index is 0.681. The third-order valence-electron chi connectivity index (χ3n) is 3.66. The van der Waals surface area contributed by atoms with Gasteiger partial charge in [0.05, 0.1) is 20.8 Å². The van der Waals surface area contributed by atoms with Gasteiger partial charge in [-0.15, -0.1) is 0 Å². The Bertz CT molecular complexity index is 640. The van der Waals surface area contributed by atoms with Crippen LogP contribution in [0.5, 0.6) is 17.2 Å². The van der Waals surface area contributed by atoms with E-state index in [2.05, 4.69) is 11.4 Å². The highest BCUT2D eigenvalue weighted by Crippen LogP contribution is 2.29. The third kappa shape index (κ3) is 2.89. The summed E-state index contributed by atoms with van der Waals surface area (Å²) in [5.74, 6) is 2.68. The number of fused-ring (bicyclic) bond motifs is 1. The molecule has 1 heterocycles. The molecule has 0 saturated carbocycles. The maximum atomic E-state index is 5.52. The van der Waals surface area contributed by atoms with Crippen molar-refractivity contribution in [1.82, 2.24) is 0 Å². The molecule has 0 saturated heterocycles. The largest absolute Gasteiger partial charge is 0.497 e. The van der Waals surface area contributed by atoms with Crippen molar-refractivity contribution in [2.75, 3.05) is 26.1 Å². The standard InChI is InChI=1S/C17H19NO3/c1-19-15-4-6-16(20-2)13(10-15)11-18-14-3-5-17-12(9-14)7-8-21-17/h3-6,9-10,18H,7-8,11H2,1-2H3. The van der Waals surface area contributed by atoms with E-state index in [1.165, 1.54) is 5.56 Å². The first-order chi connectivity index (χ1) is 10.3. The van der Waals surface area contributed by atoms with Gasteiger partial charge in [-0.3, -0.25) is 0 Å². The molecule has 110 valence electrons. The van der Waals surface area contributed by atoms with Gasteiger partial charge < -0.3 is 19.5 Å². The summed E-state index contributed by atoms with van der Waals surface area (Å²) in [6, 6.07) is 12.0. The van der Waals surface area contributed by atoms with Crippen LogP contribution in [0.15, 0.2) is 36.4 Å². The van der Waals surface area contributed by atoms with Crippen molar-refractivity contribution in [1.29, 1.82) is 0 Å². The Kier molecular flexibility index (Phi) is 3.86. The lowest BCUT2D eigenvalue weighted by Gasteiger charge is -2.12. The van der Waals surface area contributed by atoms with Gasteiger partial charge in [0.2, 0.25) is 0 Å². The van der Waals surface area contributed by atoms with E-state index < -0.39 is 0 Å². The Hall–Kier alpha value is -2.36. The number of hydrogen-bond acceptors (Lipinski definition) is 4. The van der Waals surface area contributed by atoms with E-state index in [9.17, 15) is 0 Å². The number of nitrogens with one attached hydrogen (secondary N) is 1. The number of methoxy groups -OCH3 is 2. The Labute approximate surface area is 124 Å². The summed E-state index contributed by atoms with van der Waals surface area (Å²) in [6.45, 7) is 1.46. The van der Waals surface area contributed by atoms with Crippen molar-refractivity contribution < 1.29 is 14.2 Å². The van der Waals surface area contributed by atoms with Crippen LogP contribution in [0.1, 0.15) is 11.1 Å². The lowest BCUT2D eigenvalue weighted by Crippen LogP contribution is -2.02. The van der Waals surface area contributed by atoms with Gasteiger partial charge in [0, 0.05) is 24.2 Å². The SMILES string of the molecule is COc1ccc(OC)c(CNc2ccc3c(c2)CCO3)c1. The molecule has 2 aromatic rings. The first-order valence-electron chi connectivity index (χ1n) is 7.00. The van der Waals surface area contributed by atoms with Crippen molar-refractivity contribution in [2.45, 2.75) is 13.0 Å². The van der Waals surface area contributed by atoms with E-state index in [1.807, 2.05) is 30.3 Å². The van der Waals surface area contributed by atoms with E-state index in [1.54, 1.807) is 14.2 Å². The zero-order chi connectivity index (χ0) is 14.7. The van der Waals surface area contributed by atoms with E-state index in [-0.39, 0.29) is 0 Å². The second-order valence-corrected chi connectivity index (χ2v) is 4.95. The number of rotatable bonds is 5. The molecule has 3 rings (SSSR count). The van der Waals surface area contributed by atoms with Gasteiger partial charge in [0.25, 0.3) is 0 Å². The van der Waals surface area contributed by atoms with Crippen molar-refractivity contribution in [3.8, 4) is 17.2 Å². The number of ether oxygens (including phenoxy) is 3. The molecule has 0 aliphatic carbocycles. The highest BCUT2D eigenvalue weighted by atomic mass is 16.5. The molecule has 21 heavy (non-hydrogen) atoms. The fourth-order valence-electron chi connectivity index (χ4n) is 2.51. The highest BCUT2D eigenvalue weighted by molar-refractivity contribution is 5.53. The van der Waals surface area contributed by atoms with Gasteiger partial charge in [0.15, 0.2) is 0 Å². The van der Waals surface area contributed by atoms with Crippen LogP contribution < -0.4 is 19.5 Å². The second-order valence-electron chi connectivity index (χ2n) is 4.95. The Morgan fingerprint density at radius 3 is 2.81 bits per heavy atom. The average molecular weight is 285 g/mol. The zero-order valence-electron chi connectivity index (χ0n) is 12.3. The molecule has 0 spiro atoms. The molecule has 0 bridgehead atoms. The van der Waals surface area contributed by atoms with Gasteiger partial charge in [-0.2, -0.15) is 0 Å². The minimum atomic E-state index is 0.681. The van der Waals surface area contributed by atoms with Crippen molar-refractivity contribution in [2.24, 2.45) is 0 Å². The fourth-order valence-corrected chi connectivity index (χ4v) is 2.51. The Balaban J connectivity index is 1.75. The predicted molar refractivity (Wildman–Crippen MR) is 82.5 cm³/mol. The van der Waals surface area contributed by atoms with Crippen LogP contribution in [0.2, 0.25) is 0 Å². The van der Waals surface area contributed by atoms with Gasteiger partial charge in [-0.05, 0) is 42.0 Å². The molecule has 4 nitrogen and oxygen atoms in total. The monoisotopic (exact) mass is 285 g/mol. The summed E-state index contributed by atoms with van der Waals surface area (Å²) >= 11 is 0. The third-order valence-corrected chi connectivity index (χ3v) is 3.66. The van der Waals surface area contributed by atoms with Gasteiger partial charge in [-0.25, -0.2) is 0 Å². The summed E-state index contributed by atoms with van der Waals surface area (Å²) in [6.07, 6.45) is 0.979. The summed E-state index contributed by atoms with van der Waals surface area (Å²) in [4.78, 5) is 0. The Morgan fingerprint density at radius 2 is 2.00 bits per heavy atom. The van der Waals surface area contributed by atoms with Gasteiger partial charge in [0.1, 0.15) is 17.2 Å². The molecule has 0 atom stereocenters. The zero-order valence-corrected chi connectivity index (χ0v) is 12.3. The maximum absolute atomic E-state index is 5.52. The minimum Gasteiger partial charge on any atom is -0.497 e. The van der Waals surface area contributed by atoms with Crippen LogP contribution in [0.25, 0.3) is 0 Å². The molecular formula is C17H19NO3. The molecule has 2 aromatic carbocycles. The lowest BCUT2D eigenvalue weighted by atomic mass is 10.1. The fraction of sp³-hybridized carbons (Fsp3) is 0.294. The van der Waals surface area contributed by atoms with E-state index in [0.717, 1.165) is 41.5 Å². The first kappa shape index (κ1) is 13.6. The van der Waals surface area contributed by atoms with Crippen LogP contribution in [-0.4, -0.2) is 20.8 Å². The normalized spacial score (nSPS) is 12.5. The molecule has 1 aliphatic heterocycles. The molecule has 0 fully saturated rings. The van der Waals surface area contributed by atoms with Crippen LogP contribution in [-0.2, 0) is 13.0 Å². The maximum Gasteiger partial charge on any atom is 0.124 e. The molecular weight excluding hydrogens is 266 g/mol. The second kappa shape index (κ2) is 5.95. The molecule has 0 radical (unpaired) electrons. The van der Waals surface area contributed by atoms with Crippen molar-refractivity contribution >= 4 is 5.69 Å². The van der Waals surface area contributed by atoms with E-state index >= 15 is 0 Å². The molecule has 1 aliphatic rings.